The maximum Gasteiger partial charge on any atom is 0.292 e. The van der Waals surface area contributed by atoms with Gasteiger partial charge in [-0.1, -0.05) is 29.8 Å². The number of carbonyl (C=O) groups is 2. The number of rotatable bonds is 5. The molecule has 1 fully saturated rings. The molecule has 0 radical (unpaired) electrons. The summed E-state index contributed by atoms with van der Waals surface area (Å²) in [5, 5.41) is 14.2. The molecule has 0 unspecified atom stereocenters. The van der Waals surface area contributed by atoms with Gasteiger partial charge in [0.05, 0.1) is 11.5 Å². The third kappa shape index (κ3) is 5.52. The van der Waals surface area contributed by atoms with Crippen LogP contribution in [0, 0.1) is 10.1 Å². The van der Waals surface area contributed by atoms with E-state index in [-0.39, 0.29) is 29.7 Å². The first-order chi connectivity index (χ1) is 13.9. The van der Waals surface area contributed by atoms with Crippen molar-refractivity contribution in [3.63, 3.8) is 0 Å². The van der Waals surface area contributed by atoms with Crippen molar-refractivity contribution in [2.45, 2.75) is 6.42 Å². The minimum Gasteiger partial charge on any atom is -0.337 e. The smallest absolute Gasteiger partial charge is 0.292 e. The predicted molar refractivity (Wildman–Crippen MR) is 110 cm³/mol. The monoisotopic (exact) mass is 416 g/mol. The first-order valence-electron chi connectivity index (χ1n) is 9.24. The van der Waals surface area contributed by atoms with E-state index in [1.54, 1.807) is 41.3 Å². The summed E-state index contributed by atoms with van der Waals surface area (Å²) >= 11 is 5.97. The van der Waals surface area contributed by atoms with Crippen LogP contribution in [0.3, 0.4) is 0 Å². The van der Waals surface area contributed by atoms with Crippen LogP contribution in [0.15, 0.2) is 48.5 Å². The van der Waals surface area contributed by atoms with Gasteiger partial charge < -0.3 is 10.2 Å². The fourth-order valence-corrected chi connectivity index (χ4v) is 3.46. The molecule has 2 aromatic carbocycles. The Balaban J connectivity index is 1.57. The van der Waals surface area contributed by atoms with Gasteiger partial charge in [-0.3, -0.25) is 24.6 Å². The van der Waals surface area contributed by atoms with E-state index in [9.17, 15) is 19.7 Å². The quantitative estimate of drug-likeness (QED) is 0.597. The SMILES string of the molecule is O=C(CN1CCCN(C(=O)c2cccc(Cl)c2)CC1)Nc1ccccc1[N+](=O)[O-]. The van der Waals surface area contributed by atoms with E-state index in [0.29, 0.717) is 36.8 Å². The largest absolute Gasteiger partial charge is 0.337 e. The number of nitro benzene ring substituents is 1. The third-order valence-corrected chi connectivity index (χ3v) is 4.92. The summed E-state index contributed by atoms with van der Waals surface area (Å²) in [5.41, 5.74) is 0.574. The Labute approximate surface area is 173 Å². The highest BCUT2D eigenvalue weighted by atomic mass is 35.5. The van der Waals surface area contributed by atoms with Gasteiger partial charge in [0.1, 0.15) is 5.69 Å². The van der Waals surface area contributed by atoms with Crippen LogP contribution in [0.1, 0.15) is 16.8 Å². The number of para-hydroxylation sites is 2. The molecule has 1 aliphatic heterocycles. The molecule has 9 heteroatoms. The first kappa shape index (κ1) is 20.8. The van der Waals surface area contributed by atoms with Crippen LogP contribution in [0.4, 0.5) is 11.4 Å². The summed E-state index contributed by atoms with van der Waals surface area (Å²) in [7, 11) is 0. The van der Waals surface area contributed by atoms with E-state index >= 15 is 0 Å². The molecule has 0 atom stereocenters. The maximum atomic E-state index is 12.7. The first-order valence-corrected chi connectivity index (χ1v) is 9.62. The molecule has 0 saturated carbocycles. The van der Waals surface area contributed by atoms with Crippen LogP contribution < -0.4 is 5.32 Å². The minimum atomic E-state index is -0.527. The lowest BCUT2D eigenvalue weighted by Crippen LogP contribution is -2.38. The number of benzene rings is 2. The second-order valence-electron chi connectivity index (χ2n) is 6.75. The van der Waals surface area contributed by atoms with Crippen molar-refractivity contribution in [2.24, 2.45) is 0 Å². The van der Waals surface area contributed by atoms with Crippen LogP contribution in [-0.4, -0.2) is 59.3 Å². The van der Waals surface area contributed by atoms with Gasteiger partial charge in [0.15, 0.2) is 0 Å². The number of carbonyl (C=O) groups excluding carboxylic acids is 2. The molecule has 3 rings (SSSR count). The van der Waals surface area contributed by atoms with E-state index in [2.05, 4.69) is 5.32 Å². The molecule has 2 amide bonds. The van der Waals surface area contributed by atoms with Crippen molar-refractivity contribution >= 4 is 34.8 Å². The predicted octanol–water partition coefficient (Wildman–Crippen LogP) is 3.03. The van der Waals surface area contributed by atoms with Gasteiger partial charge in [0.2, 0.25) is 5.91 Å². The topological polar surface area (TPSA) is 95.8 Å². The second kappa shape index (κ2) is 9.49. The molecule has 0 aliphatic carbocycles. The fourth-order valence-electron chi connectivity index (χ4n) is 3.27. The van der Waals surface area contributed by atoms with Crippen LogP contribution in [0.2, 0.25) is 5.02 Å². The summed E-state index contributed by atoms with van der Waals surface area (Å²) in [6.45, 7) is 2.38. The highest BCUT2D eigenvalue weighted by molar-refractivity contribution is 6.30. The summed E-state index contributed by atoms with van der Waals surface area (Å²) < 4.78 is 0. The van der Waals surface area contributed by atoms with Crippen LogP contribution in [-0.2, 0) is 4.79 Å². The summed E-state index contributed by atoms with van der Waals surface area (Å²) in [4.78, 5) is 39.3. The summed E-state index contributed by atoms with van der Waals surface area (Å²) in [6.07, 6.45) is 0.727. The summed E-state index contributed by atoms with van der Waals surface area (Å²) in [5.74, 6) is -0.410. The molecular formula is C20H21ClN4O4. The number of hydrogen-bond acceptors (Lipinski definition) is 5. The molecule has 2 aromatic rings. The number of amides is 2. The molecule has 1 saturated heterocycles. The van der Waals surface area contributed by atoms with Gasteiger partial charge in [-0.25, -0.2) is 0 Å². The maximum absolute atomic E-state index is 12.7. The van der Waals surface area contributed by atoms with Crippen molar-refractivity contribution in [3.05, 3.63) is 69.2 Å². The third-order valence-electron chi connectivity index (χ3n) is 4.69. The molecule has 0 aromatic heterocycles. The fraction of sp³-hybridized carbons (Fsp3) is 0.300. The van der Waals surface area contributed by atoms with Crippen LogP contribution in [0.25, 0.3) is 0 Å². The Morgan fingerprint density at radius 2 is 1.86 bits per heavy atom. The van der Waals surface area contributed by atoms with Crippen molar-refractivity contribution < 1.29 is 14.5 Å². The normalized spacial score (nSPS) is 14.9. The molecule has 0 spiro atoms. The van der Waals surface area contributed by atoms with Gasteiger partial charge >= 0.3 is 0 Å². The summed E-state index contributed by atoms with van der Waals surface area (Å²) in [6, 6.07) is 12.9. The number of nitrogens with zero attached hydrogens (tertiary/aromatic N) is 3. The number of nitrogens with one attached hydrogen (secondary N) is 1. The van der Waals surface area contributed by atoms with E-state index in [1.165, 1.54) is 12.1 Å². The second-order valence-corrected chi connectivity index (χ2v) is 7.19. The minimum absolute atomic E-state index is 0.0845. The lowest BCUT2D eigenvalue weighted by molar-refractivity contribution is -0.383. The van der Waals surface area contributed by atoms with Gasteiger partial charge in [0, 0.05) is 42.8 Å². The van der Waals surface area contributed by atoms with E-state index < -0.39 is 4.92 Å². The van der Waals surface area contributed by atoms with E-state index in [0.717, 1.165) is 6.42 Å². The molecular weight excluding hydrogens is 396 g/mol. The highest BCUT2D eigenvalue weighted by Gasteiger charge is 2.22. The van der Waals surface area contributed by atoms with Gasteiger partial charge in [0.25, 0.3) is 11.6 Å². The van der Waals surface area contributed by atoms with Crippen molar-refractivity contribution in [2.75, 3.05) is 38.0 Å². The zero-order valence-electron chi connectivity index (χ0n) is 15.7. The molecule has 1 aliphatic rings. The van der Waals surface area contributed by atoms with Crippen molar-refractivity contribution in [3.8, 4) is 0 Å². The molecule has 152 valence electrons. The lowest BCUT2D eigenvalue weighted by Gasteiger charge is -2.22. The van der Waals surface area contributed by atoms with Crippen molar-refractivity contribution in [1.29, 1.82) is 0 Å². The van der Waals surface area contributed by atoms with E-state index in [4.69, 9.17) is 11.6 Å². The van der Waals surface area contributed by atoms with Gasteiger partial charge in [-0.2, -0.15) is 0 Å². The number of anilines is 1. The molecule has 8 nitrogen and oxygen atoms in total. The zero-order chi connectivity index (χ0) is 20.8. The Hall–Kier alpha value is -2.97. The Morgan fingerprint density at radius 3 is 2.62 bits per heavy atom. The van der Waals surface area contributed by atoms with Gasteiger partial charge in [-0.05, 0) is 30.7 Å². The van der Waals surface area contributed by atoms with Crippen molar-refractivity contribution in [1.82, 2.24) is 9.80 Å². The zero-order valence-corrected chi connectivity index (χ0v) is 16.5. The van der Waals surface area contributed by atoms with Crippen LogP contribution in [0.5, 0.6) is 0 Å². The standard InChI is InChI=1S/C20H21ClN4O4/c21-16-6-3-5-15(13-16)20(27)24-10-4-9-23(11-12-24)14-19(26)22-17-7-1-2-8-18(17)25(28)29/h1-3,5-8,13H,4,9-12,14H2,(H,22,26). The average Bonchev–Trinajstić information content (AvgIpc) is 2.93. The van der Waals surface area contributed by atoms with Crippen LogP contribution >= 0.6 is 11.6 Å². The molecule has 29 heavy (non-hydrogen) atoms. The number of nitro groups is 1. The Kier molecular flexibility index (Phi) is 6.79. The number of halogens is 1. The Bertz CT molecular complexity index is 921. The number of hydrogen-bond donors (Lipinski definition) is 1. The average molecular weight is 417 g/mol. The van der Waals surface area contributed by atoms with Gasteiger partial charge in [-0.15, -0.1) is 0 Å². The molecule has 0 bridgehead atoms. The highest BCUT2D eigenvalue weighted by Crippen LogP contribution is 2.23. The molecule has 1 heterocycles. The molecule has 1 N–H and O–H groups in total. The Morgan fingerprint density at radius 1 is 1.07 bits per heavy atom. The lowest BCUT2D eigenvalue weighted by atomic mass is 10.2. The van der Waals surface area contributed by atoms with E-state index in [1.807, 2.05) is 4.90 Å².